The van der Waals surface area contributed by atoms with E-state index in [9.17, 15) is 14.5 Å². The van der Waals surface area contributed by atoms with Crippen LogP contribution in [0, 0.1) is 4.91 Å². The maximum Gasteiger partial charge on any atom is 0.254 e. The summed E-state index contributed by atoms with van der Waals surface area (Å²) in [7, 11) is 0. The summed E-state index contributed by atoms with van der Waals surface area (Å²) in [6.45, 7) is 0. The van der Waals surface area contributed by atoms with Gasteiger partial charge in [-0.15, -0.1) is 4.91 Å². The highest BCUT2D eigenvalue weighted by Crippen LogP contribution is 2.23. The summed E-state index contributed by atoms with van der Waals surface area (Å²) < 4.78 is 0. The minimum atomic E-state index is -0.812. The third-order valence-electron chi connectivity index (χ3n) is 1.53. The normalized spacial score (nSPS) is 9.57. The van der Waals surface area contributed by atoms with Crippen LogP contribution in [0.4, 0.5) is 5.69 Å². The molecule has 14 heavy (non-hydrogen) atoms. The molecule has 0 atom stereocenters. The Morgan fingerprint density at radius 3 is 2.21 bits per heavy atom. The summed E-state index contributed by atoms with van der Waals surface area (Å²) in [5.41, 5.74) is -0.164. The molecule has 1 aromatic carbocycles. The van der Waals surface area contributed by atoms with E-state index in [1.54, 1.807) is 0 Å². The Morgan fingerprint density at radius 1 is 1.14 bits per heavy atom. The van der Waals surface area contributed by atoms with Gasteiger partial charge < -0.3 is 0 Å². The third kappa shape index (κ3) is 2.16. The average Bonchev–Trinajstić information content (AvgIpc) is 2.16. The molecule has 0 saturated carbocycles. The van der Waals surface area contributed by atoms with Gasteiger partial charge in [0.05, 0.1) is 5.56 Å². The zero-order chi connectivity index (χ0) is 10.7. The molecule has 0 aliphatic carbocycles. The highest BCUT2D eigenvalue weighted by Gasteiger charge is 2.12. The lowest BCUT2D eigenvalue weighted by Crippen LogP contribution is -1.93. The van der Waals surface area contributed by atoms with E-state index >= 15 is 0 Å². The molecule has 0 saturated heterocycles. The van der Waals surface area contributed by atoms with Gasteiger partial charge in [-0.05, 0) is 46.6 Å². The maximum atomic E-state index is 10.8. The van der Waals surface area contributed by atoms with E-state index in [1.807, 2.05) is 0 Å². The van der Waals surface area contributed by atoms with Gasteiger partial charge in [-0.25, -0.2) is 0 Å². The van der Waals surface area contributed by atoms with Crippen LogP contribution in [-0.2, 0) is 0 Å². The van der Waals surface area contributed by atoms with Crippen molar-refractivity contribution < 1.29 is 9.59 Å². The van der Waals surface area contributed by atoms with E-state index in [0.717, 1.165) is 6.07 Å². The van der Waals surface area contributed by atoms with E-state index in [4.69, 9.17) is 23.2 Å². The fourth-order valence-corrected chi connectivity index (χ4v) is 1.17. The van der Waals surface area contributed by atoms with Crippen LogP contribution >= 0.6 is 23.2 Å². The minimum Gasteiger partial charge on any atom is -0.276 e. The molecule has 0 aromatic heterocycles. The lowest BCUT2D eigenvalue weighted by atomic mass is 10.1. The Labute approximate surface area is 88.8 Å². The van der Waals surface area contributed by atoms with Crippen LogP contribution in [0.3, 0.4) is 0 Å². The number of nitrogens with zero attached hydrogens (tertiary/aromatic N) is 1. The van der Waals surface area contributed by atoms with Gasteiger partial charge in [-0.2, -0.15) is 0 Å². The Hall–Kier alpha value is -1.26. The van der Waals surface area contributed by atoms with Crippen molar-refractivity contribution in [2.24, 2.45) is 5.18 Å². The first-order valence-corrected chi connectivity index (χ1v) is 4.19. The van der Waals surface area contributed by atoms with Gasteiger partial charge >= 0.3 is 0 Å². The number of nitroso groups, excluding NO2 is 1. The van der Waals surface area contributed by atoms with Crippen LogP contribution in [0.25, 0.3) is 0 Å². The number of benzene rings is 1. The van der Waals surface area contributed by atoms with Crippen molar-refractivity contribution in [2.45, 2.75) is 0 Å². The van der Waals surface area contributed by atoms with E-state index in [-0.39, 0.29) is 16.8 Å². The lowest BCUT2D eigenvalue weighted by molar-refractivity contribution is 0.107. The molecule has 1 rings (SSSR count). The number of rotatable bonds is 3. The van der Waals surface area contributed by atoms with E-state index in [0.29, 0.717) is 0 Å². The zero-order valence-corrected chi connectivity index (χ0v) is 8.17. The molecule has 0 spiro atoms. The van der Waals surface area contributed by atoms with Crippen molar-refractivity contribution in [3.8, 4) is 0 Å². The predicted molar refractivity (Wildman–Crippen MR) is 52.3 cm³/mol. The molecule has 0 heterocycles. The molecular weight excluding hydrogens is 229 g/mol. The largest absolute Gasteiger partial charge is 0.276 e. The highest BCUT2D eigenvalue weighted by atomic mass is 35.5. The summed E-state index contributed by atoms with van der Waals surface area (Å²) in [4.78, 5) is 31.7. The fourth-order valence-electron chi connectivity index (χ4n) is 0.896. The number of hydrogen-bond donors (Lipinski definition) is 0. The monoisotopic (exact) mass is 231 g/mol. The first-order valence-electron chi connectivity index (χ1n) is 3.43. The van der Waals surface area contributed by atoms with Gasteiger partial charge in [0.15, 0.2) is 0 Å². The predicted octanol–water partition coefficient (Wildman–Crippen LogP) is 2.84. The SMILES string of the molecule is O=Nc1cc(C(=O)Cl)ccc1C(=O)Cl. The summed E-state index contributed by atoms with van der Waals surface area (Å²) in [5.74, 6) is 0. The van der Waals surface area contributed by atoms with Gasteiger partial charge in [0, 0.05) is 5.56 Å². The van der Waals surface area contributed by atoms with Gasteiger partial charge in [0.25, 0.3) is 10.5 Å². The molecular formula is C8H3Cl2NO3. The summed E-state index contributed by atoms with van der Waals surface area (Å²) >= 11 is 10.3. The van der Waals surface area contributed by atoms with Crippen molar-refractivity contribution in [1.29, 1.82) is 0 Å². The molecule has 1 aromatic rings. The molecule has 4 nitrogen and oxygen atoms in total. The van der Waals surface area contributed by atoms with Crippen LogP contribution in [-0.4, -0.2) is 10.5 Å². The molecule has 0 amide bonds. The number of hydrogen-bond acceptors (Lipinski definition) is 4. The van der Waals surface area contributed by atoms with Crippen molar-refractivity contribution in [1.82, 2.24) is 0 Å². The molecule has 6 heteroatoms. The Morgan fingerprint density at radius 2 is 1.79 bits per heavy atom. The van der Waals surface area contributed by atoms with Gasteiger partial charge in [0.2, 0.25) is 0 Å². The molecule has 0 aliphatic heterocycles. The average molecular weight is 232 g/mol. The van der Waals surface area contributed by atoms with Crippen LogP contribution in [0.2, 0.25) is 0 Å². The minimum absolute atomic E-state index is 0.0525. The number of carbonyl (C=O) groups is 2. The van der Waals surface area contributed by atoms with Crippen molar-refractivity contribution >= 4 is 39.4 Å². The molecule has 0 N–H and O–H groups in total. The summed E-state index contributed by atoms with van der Waals surface area (Å²) in [5, 5.41) is 1.02. The lowest BCUT2D eigenvalue weighted by Gasteiger charge is -1.98. The fraction of sp³-hybridized carbons (Fsp3) is 0. The molecule has 0 radical (unpaired) electrons. The molecule has 72 valence electrons. The van der Waals surface area contributed by atoms with Gasteiger partial charge in [0.1, 0.15) is 5.69 Å². The van der Waals surface area contributed by atoms with Crippen molar-refractivity contribution in [3.05, 3.63) is 34.2 Å². The number of carbonyl (C=O) groups excluding carboxylic acids is 2. The van der Waals surface area contributed by atoms with Crippen LogP contribution < -0.4 is 0 Å². The smallest absolute Gasteiger partial charge is 0.254 e. The first-order chi connectivity index (χ1) is 6.56. The first kappa shape index (κ1) is 10.8. The van der Waals surface area contributed by atoms with Crippen molar-refractivity contribution in [3.63, 3.8) is 0 Å². The van der Waals surface area contributed by atoms with Crippen LogP contribution in [0.5, 0.6) is 0 Å². The third-order valence-corrected chi connectivity index (χ3v) is 1.96. The van der Waals surface area contributed by atoms with E-state index in [1.165, 1.54) is 12.1 Å². The van der Waals surface area contributed by atoms with Crippen LogP contribution in [0.15, 0.2) is 23.4 Å². The Kier molecular flexibility index (Phi) is 3.33. The van der Waals surface area contributed by atoms with E-state index < -0.39 is 10.5 Å². The quantitative estimate of drug-likeness (QED) is 0.594. The summed E-state index contributed by atoms with van der Waals surface area (Å²) in [6.07, 6.45) is 0. The van der Waals surface area contributed by atoms with Gasteiger partial charge in [-0.3, -0.25) is 9.59 Å². The molecule has 0 aliphatic rings. The topological polar surface area (TPSA) is 63.6 Å². The standard InChI is InChI=1S/C8H3Cl2NO3/c9-7(12)4-1-2-5(8(10)13)6(3-4)11-14/h1-3H. The number of halogens is 2. The Balaban J connectivity index is 3.32. The molecule has 0 fully saturated rings. The second kappa shape index (κ2) is 4.30. The second-order valence-corrected chi connectivity index (χ2v) is 3.06. The van der Waals surface area contributed by atoms with Crippen molar-refractivity contribution in [2.75, 3.05) is 0 Å². The molecule has 0 unspecified atom stereocenters. The zero-order valence-electron chi connectivity index (χ0n) is 6.66. The maximum absolute atomic E-state index is 10.8. The molecule has 0 bridgehead atoms. The highest BCUT2D eigenvalue weighted by molar-refractivity contribution is 6.69. The van der Waals surface area contributed by atoms with Gasteiger partial charge in [-0.1, -0.05) is 0 Å². The van der Waals surface area contributed by atoms with E-state index in [2.05, 4.69) is 5.18 Å². The summed E-state index contributed by atoms with van der Waals surface area (Å²) in [6, 6.07) is 3.62. The second-order valence-electron chi connectivity index (χ2n) is 2.37. The van der Waals surface area contributed by atoms with Crippen LogP contribution in [0.1, 0.15) is 20.7 Å². The Bertz CT molecular complexity index is 417.